The summed E-state index contributed by atoms with van der Waals surface area (Å²) in [6.45, 7) is 4.19. The highest BCUT2D eigenvalue weighted by Gasteiger charge is 2.16. The molecule has 0 bridgehead atoms. The third-order valence-corrected chi connectivity index (χ3v) is 4.94. The summed E-state index contributed by atoms with van der Waals surface area (Å²) < 4.78 is 7.95. The normalized spacial score (nSPS) is 11.0. The number of aromatic nitrogens is 3. The van der Waals surface area contributed by atoms with Gasteiger partial charge in [0.25, 0.3) is 0 Å². The van der Waals surface area contributed by atoms with Gasteiger partial charge in [-0.3, -0.25) is 0 Å². The van der Waals surface area contributed by atoms with Crippen LogP contribution in [0, 0.1) is 11.3 Å². The fourth-order valence-electron chi connectivity index (χ4n) is 3.20. The second-order valence-electron chi connectivity index (χ2n) is 6.88. The number of nitrogens with two attached hydrogens (primary N) is 1. The molecule has 0 unspecified atom stereocenters. The lowest BCUT2D eigenvalue weighted by Gasteiger charge is -2.09. The van der Waals surface area contributed by atoms with E-state index >= 15 is 0 Å². The van der Waals surface area contributed by atoms with Crippen LogP contribution in [-0.4, -0.2) is 14.5 Å². The maximum absolute atomic E-state index is 8.94. The van der Waals surface area contributed by atoms with Gasteiger partial charge < -0.3 is 15.0 Å². The van der Waals surface area contributed by atoms with E-state index in [1.807, 2.05) is 30.5 Å². The molecule has 2 N–H and O–H groups in total. The van der Waals surface area contributed by atoms with Gasteiger partial charge in [0.15, 0.2) is 0 Å². The van der Waals surface area contributed by atoms with Crippen LogP contribution in [0.1, 0.15) is 25.5 Å². The van der Waals surface area contributed by atoms with E-state index in [0.717, 1.165) is 22.2 Å². The number of hydrogen-bond donors (Lipinski definition) is 1. The molecule has 0 saturated carbocycles. The zero-order chi connectivity index (χ0) is 20.5. The van der Waals surface area contributed by atoms with Crippen molar-refractivity contribution in [2.75, 3.05) is 5.73 Å². The number of nitrogens with zero attached hydrogens (tertiary/aromatic N) is 4. The first-order valence-corrected chi connectivity index (χ1v) is 9.44. The molecule has 4 rings (SSSR count). The molecule has 0 aliphatic rings. The first-order valence-electron chi connectivity index (χ1n) is 9.07. The maximum atomic E-state index is 8.94. The first-order chi connectivity index (χ1) is 14.0. The number of nitriles is 1. The van der Waals surface area contributed by atoms with E-state index < -0.39 is 0 Å². The van der Waals surface area contributed by atoms with Crippen LogP contribution < -0.4 is 10.5 Å². The van der Waals surface area contributed by atoms with Gasteiger partial charge in [0.2, 0.25) is 0 Å². The predicted octanol–water partition coefficient (Wildman–Crippen LogP) is 5.58. The smallest absolute Gasteiger partial charge is 0.146 e. The van der Waals surface area contributed by atoms with Gasteiger partial charge in [0.1, 0.15) is 29.3 Å². The number of rotatable bonds is 4. The molecule has 0 radical (unpaired) electrons. The Balaban J connectivity index is 1.69. The third-order valence-electron chi connectivity index (χ3n) is 4.65. The molecule has 0 fully saturated rings. The number of fused-ring (bicyclic) bond motifs is 1. The maximum Gasteiger partial charge on any atom is 0.146 e. The number of hydrogen-bond acceptors (Lipinski definition) is 5. The molecule has 4 aromatic rings. The molecule has 0 saturated heterocycles. The second-order valence-corrected chi connectivity index (χ2v) is 7.29. The van der Waals surface area contributed by atoms with Crippen LogP contribution in [-0.2, 0) is 0 Å². The Labute approximate surface area is 173 Å². The van der Waals surface area contributed by atoms with Crippen molar-refractivity contribution in [1.82, 2.24) is 14.5 Å². The molecular formula is C22H18ClN5O. The van der Waals surface area contributed by atoms with E-state index in [4.69, 9.17) is 27.3 Å². The summed E-state index contributed by atoms with van der Waals surface area (Å²) >= 11 is 6.19. The minimum Gasteiger partial charge on any atom is -0.456 e. The third kappa shape index (κ3) is 3.48. The molecule has 2 aromatic heterocycles. The SMILES string of the molecule is CC(C)n1cc(-c2ccc(Oc3ccc(C#N)cc3Cl)cc2)c2c(N)ncnc21. The van der Waals surface area contributed by atoms with Crippen molar-refractivity contribution in [3.05, 3.63) is 65.6 Å². The summed E-state index contributed by atoms with van der Waals surface area (Å²) in [5, 5.41) is 10.2. The lowest BCUT2D eigenvalue weighted by atomic mass is 10.1. The van der Waals surface area contributed by atoms with Crippen molar-refractivity contribution in [1.29, 1.82) is 5.26 Å². The van der Waals surface area contributed by atoms with E-state index in [1.54, 1.807) is 18.2 Å². The molecule has 29 heavy (non-hydrogen) atoms. The highest BCUT2D eigenvalue weighted by Crippen LogP contribution is 2.36. The minimum absolute atomic E-state index is 0.238. The molecule has 0 amide bonds. The van der Waals surface area contributed by atoms with Crippen molar-refractivity contribution < 1.29 is 4.74 Å². The Morgan fingerprint density at radius 3 is 2.55 bits per heavy atom. The van der Waals surface area contributed by atoms with Gasteiger partial charge in [-0.25, -0.2) is 9.97 Å². The molecule has 0 aliphatic carbocycles. The van der Waals surface area contributed by atoms with Crippen LogP contribution in [0.2, 0.25) is 5.02 Å². The molecule has 7 heteroatoms. The Bertz CT molecular complexity index is 1240. The summed E-state index contributed by atoms with van der Waals surface area (Å²) in [6.07, 6.45) is 3.53. The largest absolute Gasteiger partial charge is 0.456 e. The van der Waals surface area contributed by atoms with Crippen molar-refractivity contribution in [3.63, 3.8) is 0 Å². The Morgan fingerprint density at radius 2 is 1.90 bits per heavy atom. The monoisotopic (exact) mass is 403 g/mol. The van der Waals surface area contributed by atoms with Gasteiger partial charge in [-0.1, -0.05) is 23.7 Å². The van der Waals surface area contributed by atoms with Crippen molar-refractivity contribution >= 4 is 28.5 Å². The second kappa shape index (κ2) is 7.46. The van der Waals surface area contributed by atoms with E-state index in [-0.39, 0.29) is 6.04 Å². The Morgan fingerprint density at radius 1 is 1.14 bits per heavy atom. The Kier molecular flexibility index (Phi) is 4.83. The van der Waals surface area contributed by atoms with Gasteiger partial charge in [0, 0.05) is 17.8 Å². The van der Waals surface area contributed by atoms with Crippen LogP contribution in [0.4, 0.5) is 5.82 Å². The summed E-state index contributed by atoms with van der Waals surface area (Å²) in [5.74, 6) is 1.58. The molecule has 0 aliphatic heterocycles. The van der Waals surface area contributed by atoms with Crippen LogP contribution >= 0.6 is 11.6 Å². The highest BCUT2D eigenvalue weighted by molar-refractivity contribution is 6.32. The first kappa shape index (κ1) is 18.8. The number of ether oxygens (including phenoxy) is 1. The summed E-state index contributed by atoms with van der Waals surface area (Å²) in [4.78, 5) is 8.57. The van der Waals surface area contributed by atoms with Gasteiger partial charge in [-0.2, -0.15) is 5.26 Å². The number of benzene rings is 2. The zero-order valence-electron chi connectivity index (χ0n) is 15.9. The van der Waals surface area contributed by atoms with E-state index in [2.05, 4.69) is 34.5 Å². The molecular weight excluding hydrogens is 386 g/mol. The standard InChI is InChI=1S/C22H18ClN5O/c1-13(2)28-11-17(20-21(25)26-12-27-22(20)28)15-4-6-16(7-5-15)29-19-8-3-14(10-24)9-18(19)23/h3-9,11-13H,1-2H3,(H2,25,26,27). The fraction of sp³-hybridized carbons (Fsp3) is 0.136. The molecule has 0 spiro atoms. The predicted molar refractivity (Wildman–Crippen MR) is 114 cm³/mol. The van der Waals surface area contributed by atoms with Crippen molar-refractivity contribution in [3.8, 4) is 28.7 Å². The summed E-state index contributed by atoms with van der Waals surface area (Å²) in [5.41, 5.74) is 9.40. The molecule has 0 atom stereocenters. The van der Waals surface area contributed by atoms with Crippen LogP contribution in [0.25, 0.3) is 22.2 Å². The Hall–Kier alpha value is -3.56. The lowest BCUT2D eigenvalue weighted by Crippen LogP contribution is -2.00. The van der Waals surface area contributed by atoms with Crippen LogP contribution in [0.15, 0.2) is 55.0 Å². The van der Waals surface area contributed by atoms with Crippen LogP contribution in [0.5, 0.6) is 11.5 Å². The van der Waals surface area contributed by atoms with Gasteiger partial charge in [-0.05, 0) is 49.7 Å². The highest BCUT2D eigenvalue weighted by atomic mass is 35.5. The molecule has 144 valence electrons. The van der Waals surface area contributed by atoms with Crippen molar-refractivity contribution in [2.24, 2.45) is 0 Å². The van der Waals surface area contributed by atoms with Gasteiger partial charge in [0.05, 0.1) is 22.0 Å². The molecule has 2 heterocycles. The zero-order valence-corrected chi connectivity index (χ0v) is 16.7. The topological polar surface area (TPSA) is 89.8 Å². The van der Waals surface area contributed by atoms with Gasteiger partial charge >= 0.3 is 0 Å². The fourth-order valence-corrected chi connectivity index (χ4v) is 3.42. The summed E-state index contributed by atoms with van der Waals surface area (Å²) in [7, 11) is 0. The lowest BCUT2D eigenvalue weighted by molar-refractivity contribution is 0.483. The summed E-state index contributed by atoms with van der Waals surface area (Å²) in [6, 6.07) is 14.9. The van der Waals surface area contributed by atoms with E-state index in [1.165, 1.54) is 6.33 Å². The van der Waals surface area contributed by atoms with E-state index in [9.17, 15) is 0 Å². The number of anilines is 1. The molecule has 2 aromatic carbocycles. The van der Waals surface area contributed by atoms with Gasteiger partial charge in [-0.15, -0.1) is 0 Å². The number of nitrogen functional groups attached to an aromatic ring is 1. The average molecular weight is 404 g/mol. The molecule has 6 nitrogen and oxygen atoms in total. The minimum atomic E-state index is 0.238. The average Bonchev–Trinajstić information content (AvgIpc) is 3.11. The van der Waals surface area contributed by atoms with Crippen LogP contribution in [0.3, 0.4) is 0 Å². The quantitative estimate of drug-likeness (QED) is 0.480. The van der Waals surface area contributed by atoms with Crippen molar-refractivity contribution in [2.45, 2.75) is 19.9 Å². The van der Waals surface area contributed by atoms with E-state index in [0.29, 0.717) is 27.9 Å². The number of halogens is 1.